The van der Waals surface area contributed by atoms with E-state index < -0.39 is 5.82 Å². The van der Waals surface area contributed by atoms with Crippen LogP contribution in [0.3, 0.4) is 0 Å². The highest BCUT2D eigenvalue weighted by atomic mass is 79.9. The molecular formula is C20H21BrClF2N3. The zero-order valence-electron chi connectivity index (χ0n) is 15.4. The largest absolute Gasteiger partial charge is 0.377 e. The lowest BCUT2D eigenvalue weighted by atomic mass is 10.0. The fourth-order valence-corrected chi connectivity index (χ4v) is 3.42. The van der Waals surface area contributed by atoms with Crippen molar-refractivity contribution in [2.45, 2.75) is 19.9 Å². The Balaban J connectivity index is 2.04. The lowest BCUT2D eigenvalue weighted by Gasteiger charge is -2.22. The summed E-state index contributed by atoms with van der Waals surface area (Å²) in [5, 5.41) is 9.65. The maximum Gasteiger partial charge on any atom is 0.147 e. The molecule has 1 N–H and O–H groups in total. The van der Waals surface area contributed by atoms with Crippen LogP contribution in [0.1, 0.15) is 19.4 Å². The van der Waals surface area contributed by atoms with E-state index in [0.717, 1.165) is 5.56 Å². The predicted octanol–water partition coefficient (Wildman–Crippen LogP) is 6.20. The third kappa shape index (κ3) is 5.78. The van der Waals surface area contributed by atoms with E-state index in [1.54, 1.807) is 23.2 Å². The van der Waals surface area contributed by atoms with Gasteiger partial charge in [0.15, 0.2) is 0 Å². The Hall–Kier alpha value is -1.92. The fourth-order valence-electron chi connectivity index (χ4n) is 2.61. The van der Waals surface area contributed by atoms with Gasteiger partial charge in [-0.2, -0.15) is 5.10 Å². The number of hydrazone groups is 1. The number of benzene rings is 2. The average Bonchev–Trinajstić information content (AvgIpc) is 2.57. The van der Waals surface area contributed by atoms with Crippen LogP contribution in [0.2, 0.25) is 5.02 Å². The van der Waals surface area contributed by atoms with Gasteiger partial charge in [0.05, 0.1) is 23.0 Å². The molecular weight excluding hydrogens is 436 g/mol. The Morgan fingerprint density at radius 2 is 2.04 bits per heavy atom. The van der Waals surface area contributed by atoms with Crippen molar-refractivity contribution in [1.82, 2.24) is 5.01 Å². The third-order valence-corrected chi connectivity index (χ3v) is 4.88. The number of allylic oxidation sites excluding steroid dienone is 1. The van der Waals surface area contributed by atoms with E-state index in [-0.39, 0.29) is 17.5 Å². The topological polar surface area (TPSA) is 27.6 Å². The number of hydrogen-bond donors (Lipinski definition) is 1. The smallest absolute Gasteiger partial charge is 0.147 e. The molecule has 0 aliphatic carbocycles. The summed E-state index contributed by atoms with van der Waals surface area (Å²) in [5.74, 6) is -0.719. The lowest BCUT2D eigenvalue weighted by molar-refractivity contribution is 0.342. The van der Waals surface area contributed by atoms with Crippen LogP contribution in [0.4, 0.5) is 14.5 Å². The zero-order valence-corrected chi connectivity index (χ0v) is 17.7. The first-order valence-corrected chi connectivity index (χ1v) is 9.47. The summed E-state index contributed by atoms with van der Waals surface area (Å²) in [6.45, 7) is 8.31. The molecule has 0 aromatic heterocycles. The van der Waals surface area contributed by atoms with Gasteiger partial charge in [0.1, 0.15) is 11.6 Å². The van der Waals surface area contributed by atoms with E-state index in [1.165, 1.54) is 18.2 Å². The van der Waals surface area contributed by atoms with E-state index in [0.29, 0.717) is 27.3 Å². The zero-order chi connectivity index (χ0) is 20.1. The van der Waals surface area contributed by atoms with Crippen LogP contribution in [0.15, 0.2) is 52.6 Å². The molecule has 3 nitrogen and oxygen atoms in total. The monoisotopic (exact) mass is 455 g/mol. The van der Waals surface area contributed by atoms with Crippen LogP contribution in [0.25, 0.3) is 5.57 Å². The minimum atomic E-state index is -0.397. The van der Waals surface area contributed by atoms with Gasteiger partial charge >= 0.3 is 0 Å². The highest BCUT2D eigenvalue weighted by Crippen LogP contribution is 2.26. The lowest BCUT2D eigenvalue weighted by Crippen LogP contribution is -2.30. The molecule has 2 aromatic carbocycles. The minimum Gasteiger partial charge on any atom is -0.377 e. The molecule has 0 heterocycles. The number of nitrogens with zero attached hydrogens (tertiary/aromatic N) is 2. The SMILES string of the molecule is C=C(/C(C)=N\N(C)CC(C)Nc1c(F)cccc1Cl)c1ccc(F)cc1Br. The molecule has 1 atom stereocenters. The molecule has 2 rings (SSSR count). The molecule has 0 fully saturated rings. The van der Waals surface area contributed by atoms with Gasteiger partial charge in [-0.1, -0.05) is 46.2 Å². The number of para-hydroxylation sites is 1. The van der Waals surface area contributed by atoms with Crippen molar-refractivity contribution in [3.63, 3.8) is 0 Å². The molecule has 0 saturated heterocycles. The summed E-state index contributed by atoms with van der Waals surface area (Å²) in [5.41, 5.74) is 2.43. The Morgan fingerprint density at radius 1 is 1.33 bits per heavy atom. The number of halogens is 4. The van der Waals surface area contributed by atoms with Crippen molar-refractivity contribution >= 4 is 44.5 Å². The van der Waals surface area contributed by atoms with Crippen LogP contribution < -0.4 is 5.32 Å². The van der Waals surface area contributed by atoms with Crippen molar-refractivity contribution in [1.29, 1.82) is 0 Å². The fraction of sp³-hybridized carbons (Fsp3) is 0.250. The van der Waals surface area contributed by atoms with Gasteiger partial charge in [0.25, 0.3) is 0 Å². The first kappa shape index (κ1) is 21.4. The molecule has 0 aliphatic heterocycles. The van der Waals surface area contributed by atoms with Gasteiger partial charge in [-0.15, -0.1) is 0 Å². The van der Waals surface area contributed by atoms with E-state index in [1.807, 2.05) is 20.9 Å². The van der Waals surface area contributed by atoms with E-state index in [4.69, 9.17) is 11.6 Å². The quantitative estimate of drug-likeness (QED) is 0.397. The normalized spacial score (nSPS) is 12.6. The van der Waals surface area contributed by atoms with Crippen LogP contribution in [0, 0.1) is 11.6 Å². The van der Waals surface area contributed by atoms with Gasteiger partial charge in [-0.3, -0.25) is 5.01 Å². The molecule has 1 unspecified atom stereocenters. The Kier molecular flexibility index (Phi) is 7.39. The second kappa shape index (κ2) is 9.33. The van der Waals surface area contributed by atoms with Gasteiger partial charge in [-0.25, -0.2) is 8.78 Å². The molecule has 2 aromatic rings. The molecule has 0 saturated carbocycles. The average molecular weight is 457 g/mol. The molecule has 0 spiro atoms. The number of nitrogens with one attached hydrogen (secondary N) is 1. The summed E-state index contributed by atoms with van der Waals surface area (Å²) in [4.78, 5) is 0. The number of likely N-dealkylation sites (N-methyl/N-ethyl adjacent to an activating group) is 1. The maximum absolute atomic E-state index is 13.9. The number of rotatable bonds is 7. The molecule has 144 valence electrons. The van der Waals surface area contributed by atoms with E-state index in [2.05, 4.69) is 32.9 Å². The van der Waals surface area contributed by atoms with Crippen LogP contribution in [0.5, 0.6) is 0 Å². The van der Waals surface area contributed by atoms with Gasteiger partial charge in [0, 0.05) is 17.6 Å². The van der Waals surface area contributed by atoms with E-state index >= 15 is 0 Å². The van der Waals surface area contributed by atoms with Crippen LogP contribution >= 0.6 is 27.5 Å². The molecule has 0 amide bonds. The van der Waals surface area contributed by atoms with Crippen molar-refractivity contribution in [2.75, 3.05) is 18.9 Å². The Labute approximate surface area is 171 Å². The number of hydrogen-bond acceptors (Lipinski definition) is 3. The van der Waals surface area contributed by atoms with Crippen molar-refractivity contribution in [2.24, 2.45) is 5.10 Å². The summed E-state index contributed by atoms with van der Waals surface area (Å²) < 4.78 is 27.8. The standard InChI is InChI=1S/C20H21BrClF2N3/c1-12(25-20-18(22)6-5-7-19(20)24)11-27(4)26-14(3)13(2)16-9-8-15(23)10-17(16)21/h5-10,12,25H,2,11H2,1,3-4H3/b26-14-. The Morgan fingerprint density at radius 3 is 2.67 bits per heavy atom. The van der Waals surface area contributed by atoms with Gasteiger partial charge in [-0.05, 0) is 49.2 Å². The van der Waals surface area contributed by atoms with Gasteiger partial charge < -0.3 is 5.32 Å². The highest BCUT2D eigenvalue weighted by Gasteiger charge is 2.13. The summed E-state index contributed by atoms with van der Waals surface area (Å²) in [6, 6.07) is 8.88. The Bertz CT molecular complexity index is 850. The molecule has 0 bridgehead atoms. The van der Waals surface area contributed by atoms with Gasteiger partial charge in [0.2, 0.25) is 0 Å². The molecule has 7 heteroatoms. The molecule has 0 radical (unpaired) electrons. The number of anilines is 1. The molecule has 0 aliphatic rings. The van der Waals surface area contributed by atoms with Crippen LogP contribution in [-0.2, 0) is 0 Å². The predicted molar refractivity (Wildman–Crippen MR) is 113 cm³/mol. The second-order valence-electron chi connectivity index (χ2n) is 6.27. The van der Waals surface area contributed by atoms with Crippen LogP contribution in [-0.4, -0.2) is 30.4 Å². The van der Waals surface area contributed by atoms with Crippen molar-refractivity contribution < 1.29 is 8.78 Å². The summed E-state index contributed by atoms with van der Waals surface area (Å²) >= 11 is 9.39. The molecule has 27 heavy (non-hydrogen) atoms. The summed E-state index contributed by atoms with van der Waals surface area (Å²) in [6.07, 6.45) is 0. The first-order valence-electron chi connectivity index (χ1n) is 8.30. The minimum absolute atomic E-state index is 0.105. The highest BCUT2D eigenvalue weighted by molar-refractivity contribution is 9.10. The first-order chi connectivity index (χ1) is 12.7. The van der Waals surface area contributed by atoms with Crippen molar-refractivity contribution in [3.8, 4) is 0 Å². The third-order valence-electron chi connectivity index (χ3n) is 3.91. The van der Waals surface area contributed by atoms with Crippen molar-refractivity contribution in [3.05, 3.63) is 69.7 Å². The van der Waals surface area contributed by atoms with E-state index in [9.17, 15) is 8.78 Å². The second-order valence-corrected chi connectivity index (χ2v) is 7.53. The summed E-state index contributed by atoms with van der Waals surface area (Å²) in [7, 11) is 1.82. The maximum atomic E-state index is 13.9.